The average molecular weight is 369 g/mol. The minimum absolute atomic E-state index is 0.0757. The molecule has 7 nitrogen and oxygen atoms in total. The van der Waals surface area contributed by atoms with Gasteiger partial charge in [-0.1, -0.05) is 12.1 Å². The summed E-state index contributed by atoms with van der Waals surface area (Å²) in [5, 5.41) is 1.82. The van der Waals surface area contributed by atoms with Gasteiger partial charge in [-0.05, 0) is 35.7 Å². The minimum Gasteiger partial charge on any atom is -0.485 e. The van der Waals surface area contributed by atoms with Gasteiger partial charge in [-0.15, -0.1) is 11.3 Å². The quantitative estimate of drug-likeness (QED) is 0.693. The van der Waals surface area contributed by atoms with Crippen LogP contribution in [0, 0.1) is 0 Å². The predicted molar refractivity (Wildman–Crippen MR) is 95.6 cm³/mol. The first kappa shape index (κ1) is 16.2. The highest BCUT2D eigenvalue weighted by molar-refractivity contribution is 7.12. The van der Waals surface area contributed by atoms with E-state index in [4.69, 9.17) is 9.47 Å². The maximum Gasteiger partial charge on any atom is 0.283 e. The van der Waals surface area contributed by atoms with Crippen LogP contribution in [0.2, 0.25) is 0 Å². The third-order valence-electron chi connectivity index (χ3n) is 3.83. The van der Waals surface area contributed by atoms with Gasteiger partial charge in [-0.2, -0.15) is 0 Å². The first-order chi connectivity index (χ1) is 12.7. The molecule has 2 amide bonds. The summed E-state index contributed by atoms with van der Waals surface area (Å²) in [6.45, 7) is 0.0757. The van der Waals surface area contributed by atoms with Crippen LogP contribution in [-0.2, 0) is 4.79 Å². The van der Waals surface area contributed by atoms with Crippen LogP contribution in [0.1, 0.15) is 9.67 Å². The molecule has 1 aliphatic heterocycles. The van der Waals surface area contributed by atoms with Crippen molar-refractivity contribution in [3.05, 3.63) is 65.1 Å². The number of fused-ring (bicyclic) bond motifs is 1. The monoisotopic (exact) mass is 369 g/mol. The topological polar surface area (TPSA) is 81.6 Å². The average Bonchev–Trinajstić information content (AvgIpc) is 3.36. The molecule has 4 rings (SSSR count). The molecule has 1 unspecified atom stereocenters. The Morgan fingerprint density at radius 2 is 1.81 bits per heavy atom. The molecule has 2 N–H and O–H groups in total. The predicted octanol–water partition coefficient (Wildman–Crippen LogP) is 2.14. The Kier molecular flexibility index (Phi) is 4.32. The van der Waals surface area contributed by atoms with Gasteiger partial charge in [0.15, 0.2) is 11.5 Å². The molecule has 1 atom stereocenters. The Morgan fingerprint density at radius 3 is 2.62 bits per heavy atom. The molecule has 3 aromatic rings. The van der Waals surface area contributed by atoms with Gasteiger partial charge < -0.3 is 14.0 Å². The van der Waals surface area contributed by atoms with E-state index < -0.39 is 17.9 Å². The number of ether oxygens (including phenoxy) is 2. The largest absolute Gasteiger partial charge is 0.485 e. The number of thiophene rings is 1. The molecule has 1 aromatic carbocycles. The third-order valence-corrected chi connectivity index (χ3v) is 4.74. The van der Waals surface area contributed by atoms with Crippen LogP contribution in [0.4, 0.5) is 0 Å². The highest BCUT2D eigenvalue weighted by Gasteiger charge is 2.27. The van der Waals surface area contributed by atoms with Gasteiger partial charge in [0.25, 0.3) is 11.8 Å². The standard InChI is InChI=1S/C18H15N3O4S/c22-17(15-11-24-13-5-1-2-6-14(13)25-15)19-20-18(23)16-12(7-10-26-16)21-8-3-4-9-21/h1-10,15H,11H2,(H,19,22)(H,20,23). The van der Waals surface area contributed by atoms with E-state index in [1.807, 2.05) is 46.6 Å². The number of amides is 2. The van der Waals surface area contributed by atoms with Gasteiger partial charge in [0, 0.05) is 12.4 Å². The lowest BCUT2D eigenvalue weighted by atomic mass is 10.2. The lowest BCUT2D eigenvalue weighted by molar-refractivity contribution is -0.131. The Labute approximate surface area is 153 Å². The molecule has 2 aromatic heterocycles. The van der Waals surface area contributed by atoms with Gasteiger partial charge in [-0.3, -0.25) is 20.4 Å². The molecule has 26 heavy (non-hydrogen) atoms. The summed E-state index contributed by atoms with van der Waals surface area (Å²) in [6.07, 6.45) is 2.86. The molecule has 0 radical (unpaired) electrons. The summed E-state index contributed by atoms with van der Waals surface area (Å²) in [6, 6.07) is 12.7. The van der Waals surface area contributed by atoms with Crippen LogP contribution in [0.25, 0.3) is 5.69 Å². The second-order valence-electron chi connectivity index (χ2n) is 5.53. The summed E-state index contributed by atoms with van der Waals surface area (Å²) < 4.78 is 12.9. The maximum atomic E-state index is 12.4. The van der Waals surface area contributed by atoms with E-state index in [1.54, 1.807) is 18.2 Å². The van der Waals surface area contributed by atoms with Gasteiger partial charge in [0.1, 0.15) is 11.5 Å². The van der Waals surface area contributed by atoms with Crippen molar-refractivity contribution in [3.63, 3.8) is 0 Å². The van der Waals surface area contributed by atoms with Crippen molar-refractivity contribution < 1.29 is 19.1 Å². The van der Waals surface area contributed by atoms with Crippen LogP contribution in [-0.4, -0.2) is 29.1 Å². The molecule has 132 valence electrons. The Hall–Kier alpha value is -3.26. The van der Waals surface area contributed by atoms with E-state index in [2.05, 4.69) is 10.9 Å². The van der Waals surface area contributed by atoms with Crippen LogP contribution in [0.15, 0.2) is 60.2 Å². The molecule has 0 fully saturated rings. The van der Waals surface area contributed by atoms with E-state index >= 15 is 0 Å². The van der Waals surface area contributed by atoms with Crippen LogP contribution in [0.3, 0.4) is 0 Å². The molecule has 0 saturated carbocycles. The molecule has 0 saturated heterocycles. The van der Waals surface area contributed by atoms with E-state index in [0.717, 1.165) is 5.69 Å². The van der Waals surface area contributed by atoms with Gasteiger partial charge in [-0.25, -0.2) is 0 Å². The number of benzene rings is 1. The van der Waals surface area contributed by atoms with Crippen molar-refractivity contribution in [1.29, 1.82) is 0 Å². The number of hydrazine groups is 1. The summed E-state index contributed by atoms with van der Waals surface area (Å²) in [5.41, 5.74) is 5.58. The van der Waals surface area contributed by atoms with Crippen molar-refractivity contribution in [2.24, 2.45) is 0 Å². The SMILES string of the molecule is O=C(NNC(=O)C1COc2ccccc2O1)c1sccc1-n1cccc1. The molecule has 0 bridgehead atoms. The van der Waals surface area contributed by atoms with Crippen LogP contribution in [0.5, 0.6) is 11.5 Å². The van der Waals surface area contributed by atoms with E-state index in [1.165, 1.54) is 11.3 Å². The molecular weight excluding hydrogens is 354 g/mol. The fourth-order valence-electron chi connectivity index (χ4n) is 2.58. The number of aromatic nitrogens is 1. The summed E-state index contributed by atoms with van der Waals surface area (Å²) >= 11 is 1.29. The summed E-state index contributed by atoms with van der Waals surface area (Å²) in [5.74, 6) is 0.218. The summed E-state index contributed by atoms with van der Waals surface area (Å²) in [7, 11) is 0. The zero-order chi connectivity index (χ0) is 17.9. The molecule has 0 aliphatic carbocycles. The van der Waals surface area contributed by atoms with E-state index in [0.29, 0.717) is 16.4 Å². The number of para-hydroxylation sites is 2. The van der Waals surface area contributed by atoms with E-state index in [9.17, 15) is 9.59 Å². The maximum absolute atomic E-state index is 12.4. The highest BCUT2D eigenvalue weighted by atomic mass is 32.1. The second-order valence-corrected chi connectivity index (χ2v) is 6.45. The first-order valence-electron chi connectivity index (χ1n) is 7.92. The Balaban J connectivity index is 1.38. The first-order valence-corrected chi connectivity index (χ1v) is 8.80. The summed E-state index contributed by atoms with van der Waals surface area (Å²) in [4.78, 5) is 25.2. The van der Waals surface area contributed by atoms with Crippen molar-refractivity contribution >= 4 is 23.2 Å². The van der Waals surface area contributed by atoms with Gasteiger partial charge in [0.2, 0.25) is 6.10 Å². The minimum atomic E-state index is -0.836. The molecule has 0 spiro atoms. The fourth-order valence-corrected chi connectivity index (χ4v) is 3.36. The second kappa shape index (κ2) is 6.93. The van der Waals surface area contributed by atoms with Crippen LogP contribution >= 0.6 is 11.3 Å². The van der Waals surface area contributed by atoms with Crippen LogP contribution < -0.4 is 20.3 Å². The number of hydrogen-bond acceptors (Lipinski definition) is 5. The number of rotatable bonds is 3. The lowest BCUT2D eigenvalue weighted by Gasteiger charge is -2.25. The molecular formula is C18H15N3O4S. The highest BCUT2D eigenvalue weighted by Crippen LogP contribution is 2.30. The Morgan fingerprint density at radius 1 is 1.04 bits per heavy atom. The van der Waals surface area contributed by atoms with Crippen molar-refractivity contribution in [3.8, 4) is 17.2 Å². The smallest absolute Gasteiger partial charge is 0.283 e. The van der Waals surface area contributed by atoms with Gasteiger partial charge >= 0.3 is 0 Å². The molecule has 1 aliphatic rings. The van der Waals surface area contributed by atoms with Crippen molar-refractivity contribution in [1.82, 2.24) is 15.4 Å². The third kappa shape index (κ3) is 3.14. The number of nitrogens with one attached hydrogen (secondary N) is 2. The Bertz CT molecular complexity index is 936. The number of carbonyl (C=O) groups excluding carboxylic acids is 2. The molecule has 8 heteroatoms. The zero-order valence-corrected chi connectivity index (χ0v) is 14.4. The zero-order valence-electron chi connectivity index (χ0n) is 13.5. The number of carbonyl (C=O) groups is 2. The fraction of sp³-hybridized carbons (Fsp3) is 0.111. The number of nitrogens with zero attached hydrogens (tertiary/aromatic N) is 1. The number of hydrogen-bond donors (Lipinski definition) is 2. The molecule has 3 heterocycles. The lowest BCUT2D eigenvalue weighted by Crippen LogP contribution is -2.50. The van der Waals surface area contributed by atoms with Crippen molar-refractivity contribution in [2.45, 2.75) is 6.10 Å². The normalized spacial score (nSPS) is 15.3. The van der Waals surface area contributed by atoms with E-state index in [-0.39, 0.29) is 6.61 Å². The van der Waals surface area contributed by atoms with Gasteiger partial charge in [0.05, 0.1) is 5.69 Å². The van der Waals surface area contributed by atoms with Crippen molar-refractivity contribution in [2.75, 3.05) is 6.61 Å².